The van der Waals surface area contributed by atoms with Gasteiger partial charge in [-0.2, -0.15) is 4.98 Å². The zero-order valence-corrected chi connectivity index (χ0v) is 12.9. The Labute approximate surface area is 125 Å². The number of halogens is 1. The van der Waals surface area contributed by atoms with E-state index >= 15 is 0 Å². The summed E-state index contributed by atoms with van der Waals surface area (Å²) in [5.41, 5.74) is 6.21. The third kappa shape index (κ3) is 2.76. The minimum Gasteiger partial charge on any atom is -0.332 e. The van der Waals surface area contributed by atoms with Gasteiger partial charge in [0.05, 0.1) is 9.88 Å². The Hall–Kier alpha value is -1.09. The summed E-state index contributed by atoms with van der Waals surface area (Å²) in [5.74, 6) is 1.03. The zero-order chi connectivity index (χ0) is 13.2. The van der Waals surface area contributed by atoms with Gasteiger partial charge >= 0.3 is 0 Å². The number of hydrogen-bond acceptors (Lipinski definition) is 7. The van der Waals surface area contributed by atoms with Crippen molar-refractivity contribution in [2.45, 2.75) is 6.42 Å². The number of rotatable bonds is 4. The van der Waals surface area contributed by atoms with E-state index in [1.165, 1.54) is 0 Å². The fourth-order valence-corrected chi connectivity index (χ4v) is 3.65. The molecule has 3 aromatic heterocycles. The summed E-state index contributed by atoms with van der Waals surface area (Å²) in [4.78, 5) is 9.74. The predicted octanol–water partition coefficient (Wildman–Crippen LogP) is 3.19. The molecule has 2 N–H and O–H groups in total. The molecule has 3 aromatic rings. The van der Waals surface area contributed by atoms with Gasteiger partial charge in [0.1, 0.15) is 5.69 Å². The van der Waals surface area contributed by atoms with E-state index in [2.05, 4.69) is 31.1 Å². The molecule has 0 spiro atoms. The smallest absolute Gasteiger partial charge is 0.277 e. The molecule has 0 saturated carbocycles. The number of thiazole rings is 1. The monoisotopic (exact) mass is 356 g/mol. The highest BCUT2D eigenvalue weighted by atomic mass is 79.9. The molecule has 98 valence electrons. The quantitative estimate of drug-likeness (QED) is 0.776. The Morgan fingerprint density at radius 2 is 2.16 bits per heavy atom. The maximum Gasteiger partial charge on any atom is 0.277 e. The van der Waals surface area contributed by atoms with E-state index in [0.717, 1.165) is 20.8 Å². The summed E-state index contributed by atoms with van der Waals surface area (Å²) in [5, 5.41) is 8.85. The Kier molecular flexibility index (Phi) is 3.74. The van der Waals surface area contributed by atoms with Gasteiger partial charge in [-0.1, -0.05) is 5.16 Å². The Morgan fingerprint density at radius 1 is 1.26 bits per heavy atom. The SMILES string of the molecule is NCCc1nc(-c2nc(-c3cc(Br)cs3)no2)cs1. The maximum atomic E-state index is 5.50. The first-order valence-corrected chi connectivity index (χ1v) is 8.04. The summed E-state index contributed by atoms with van der Waals surface area (Å²) >= 11 is 6.52. The lowest BCUT2D eigenvalue weighted by Gasteiger charge is -1.87. The van der Waals surface area contributed by atoms with Crippen LogP contribution in [-0.4, -0.2) is 21.7 Å². The van der Waals surface area contributed by atoms with Crippen LogP contribution < -0.4 is 5.73 Å². The fraction of sp³-hybridized carbons (Fsp3) is 0.182. The molecule has 3 heterocycles. The molecule has 0 aliphatic rings. The summed E-state index contributed by atoms with van der Waals surface area (Å²) in [6.07, 6.45) is 0.767. The van der Waals surface area contributed by atoms with Gasteiger partial charge in [0.25, 0.3) is 5.89 Å². The molecule has 19 heavy (non-hydrogen) atoms. The highest BCUT2D eigenvalue weighted by Gasteiger charge is 2.14. The fourth-order valence-electron chi connectivity index (χ4n) is 1.51. The first-order valence-electron chi connectivity index (χ1n) is 5.49. The molecule has 0 unspecified atom stereocenters. The van der Waals surface area contributed by atoms with E-state index in [-0.39, 0.29) is 0 Å². The van der Waals surface area contributed by atoms with E-state index in [9.17, 15) is 0 Å². The van der Waals surface area contributed by atoms with Crippen LogP contribution in [0, 0.1) is 0 Å². The first kappa shape index (κ1) is 12.9. The van der Waals surface area contributed by atoms with E-state index in [4.69, 9.17) is 10.3 Å². The number of aromatic nitrogens is 3. The van der Waals surface area contributed by atoms with Crippen molar-refractivity contribution < 1.29 is 4.52 Å². The van der Waals surface area contributed by atoms with Crippen LogP contribution >= 0.6 is 38.6 Å². The van der Waals surface area contributed by atoms with Crippen molar-refractivity contribution >= 4 is 38.6 Å². The first-order chi connectivity index (χ1) is 9.26. The van der Waals surface area contributed by atoms with Crippen LogP contribution in [0.5, 0.6) is 0 Å². The summed E-state index contributed by atoms with van der Waals surface area (Å²) in [6, 6.07) is 1.96. The molecule has 5 nitrogen and oxygen atoms in total. The van der Waals surface area contributed by atoms with Crippen molar-refractivity contribution in [1.29, 1.82) is 0 Å². The molecule has 0 saturated heterocycles. The molecule has 0 aliphatic heterocycles. The minimum atomic E-state index is 0.444. The Balaban J connectivity index is 1.87. The van der Waals surface area contributed by atoms with Gasteiger partial charge in [-0.05, 0) is 28.5 Å². The van der Waals surface area contributed by atoms with Crippen LogP contribution in [0.2, 0.25) is 0 Å². The van der Waals surface area contributed by atoms with E-state index < -0.39 is 0 Å². The second kappa shape index (κ2) is 5.49. The highest BCUT2D eigenvalue weighted by Crippen LogP contribution is 2.29. The third-order valence-electron chi connectivity index (χ3n) is 2.34. The van der Waals surface area contributed by atoms with Crippen LogP contribution in [0.1, 0.15) is 5.01 Å². The normalized spacial score (nSPS) is 11.1. The van der Waals surface area contributed by atoms with Gasteiger partial charge in [-0.3, -0.25) is 0 Å². The molecule has 0 amide bonds. The lowest BCUT2D eigenvalue weighted by Crippen LogP contribution is -2.01. The van der Waals surface area contributed by atoms with Crippen molar-refractivity contribution in [2.24, 2.45) is 5.73 Å². The summed E-state index contributed by atoms with van der Waals surface area (Å²) in [6.45, 7) is 0.589. The number of nitrogens with two attached hydrogens (primary N) is 1. The molecule has 3 rings (SSSR count). The van der Waals surface area contributed by atoms with Gasteiger partial charge in [0, 0.05) is 21.7 Å². The molecule has 0 atom stereocenters. The van der Waals surface area contributed by atoms with Crippen molar-refractivity contribution in [3.63, 3.8) is 0 Å². The highest BCUT2D eigenvalue weighted by molar-refractivity contribution is 9.10. The molecule has 0 fully saturated rings. The van der Waals surface area contributed by atoms with E-state index in [1.807, 2.05) is 16.8 Å². The largest absolute Gasteiger partial charge is 0.332 e. The number of hydrogen-bond donors (Lipinski definition) is 1. The van der Waals surface area contributed by atoms with Gasteiger partial charge in [-0.25, -0.2) is 4.98 Å². The lowest BCUT2D eigenvalue weighted by atomic mass is 10.4. The minimum absolute atomic E-state index is 0.444. The molecule has 0 radical (unpaired) electrons. The van der Waals surface area contributed by atoms with Crippen LogP contribution in [0.3, 0.4) is 0 Å². The van der Waals surface area contributed by atoms with Crippen LogP contribution in [-0.2, 0) is 6.42 Å². The van der Waals surface area contributed by atoms with E-state index in [0.29, 0.717) is 24.0 Å². The van der Waals surface area contributed by atoms with E-state index in [1.54, 1.807) is 22.7 Å². The Bertz CT molecular complexity index is 690. The third-order valence-corrected chi connectivity index (χ3v) is 4.94. The van der Waals surface area contributed by atoms with Gasteiger partial charge in [-0.15, -0.1) is 22.7 Å². The lowest BCUT2D eigenvalue weighted by molar-refractivity contribution is 0.431. The van der Waals surface area contributed by atoms with Crippen molar-refractivity contribution in [1.82, 2.24) is 15.1 Å². The van der Waals surface area contributed by atoms with Crippen LogP contribution in [0.25, 0.3) is 22.3 Å². The molecular formula is C11H9BrN4OS2. The van der Waals surface area contributed by atoms with Gasteiger partial charge in [0.2, 0.25) is 5.82 Å². The molecule has 0 aliphatic carbocycles. The van der Waals surface area contributed by atoms with Crippen LogP contribution in [0.4, 0.5) is 0 Å². The van der Waals surface area contributed by atoms with Crippen LogP contribution in [0.15, 0.2) is 25.8 Å². The molecular weight excluding hydrogens is 348 g/mol. The van der Waals surface area contributed by atoms with Crippen molar-refractivity contribution in [3.05, 3.63) is 26.3 Å². The summed E-state index contributed by atoms with van der Waals surface area (Å²) < 4.78 is 6.26. The average molecular weight is 357 g/mol. The van der Waals surface area contributed by atoms with Gasteiger partial charge < -0.3 is 10.3 Å². The van der Waals surface area contributed by atoms with Crippen molar-refractivity contribution in [3.8, 4) is 22.3 Å². The average Bonchev–Trinajstić information content (AvgIpc) is 3.07. The second-order valence-corrected chi connectivity index (χ2v) is 6.49. The zero-order valence-electron chi connectivity index (χ0n) is 9.67. The second-order valence-electron chi connectivity index (χ2n) is 3.72. The topological polar surface area (TPSA) is 77.8 Å². The summed E-state index contributed by atoms with van der Waals surface area (Å²) in [7, 11) is 0. The van der Waals surface area contributed by atoms with Gasteiger partial charge in [0.15, 0.2) is 0 Å². The molecule has 0 bridgehead atoms. The molecule has 0 aromatic carbocycles. The van der Waals surface area contributed by atoms with Crippen molar-refractivity contribution in [2.75, 3.05) is 6.54 Å². The number of thiophene rings is 1. The Morgan fingerprint density at radius 3 is 2.89 bits per heavy atom. The molecule has 8 heteroatoms. The predicted molar refractivity (Wildman–Crippen MR) is 79.2 cm³/mol. The standard InChI is InChI=1S/C11H9BrN4OS2/c12-6-3-8(18-4-6)10-15-11(17-16-10)7-5-19-9(14-7)1-2-13/h3-5H,1-2,13H2. The maximum absolute atomic E-state index is 5.50. The number of nitrogens with zero attached hydrogens (tertiary/aromatic N) is 3.